The summed E-state index contributed by atoms with van der Waals surface area (Å²) in [5.74, 6) is -0.357. The first-order valence-electron chi connectivity index (χ1n) is 5.39. The van der Waals surface area contributed by atoms with E-state index in [4.69, 9.17) is 5.26 Å². The van der Waals surface area contributed by atoms with E-state index < -0.39 is 16.1 Å². The third-order valence-electron chi connectivity index (χ3n) is 2.07. The van der Waals surface area contributed by atoms with Crippen LogP contribution in [0.1, 0.15) is 26.7 Å². The van der Waals surface area contributed by atoms with Crippen LogP contribution in [-0.4, -0.2) is 30.6 Å². The van der Waals surface area contributed by atoms with Gasteiger partial charge in [-0.3, -0.25) is 4.79 Å². The monoisotopic (exact) mass is 303 g/mol. The molecule has 0 saturated carbocycles. The lowest BCUT2D eigenvalue weighted by atomic mass is 10.2. The molecule has 1 heterocycles. The molecule has 0 fully saturated rings. The fourth-order valence-corrected chi connectivity index (χ4v) is 3.45. The first-order valence-corrected chi connectivity index (χ1v) is 7.69. The maximum Gasteiger partial charge on any atom is 0.270 e. The van der Waals surface area contributed by atoms with Crippen LogP contribution in [0.2, 0.25) is 0 Å². The predicted molar refractivity (Wildman–Crippen MR) is 68.8 cm³/mol. The molecule has 1 rings (SSSR count). The molecule has 0 aliphatic heterocycles. The van der Waals surface area contributed by atoms with Crippen LogP contribution in [0.25, 0.3) is 0 Å². The molecular weight excluding hydrogens is 290 g/mol. The number of rotatable bonds is 6. The summed E-state index contributed by atoms with van der Waals surface area (Å²) in [4.78, 5) is 10.8. The van der Waals surface area contributed by atoms with Crippen molar-refractivity contribution in [2.45, 2.75) is 37.1 Å². The van der Waals surface area contributed by atoms with Crippen LogP contribution < -0.4 is 10.0 Å². The van der Waals surface area contributed by atoms with Crippen LogP contribution >= 0.6 is 11.3 Å². The molecule has 0 aromatic carbocycles. The number of anilines is 1. The van der Waals surface area contributed by atoms with E-state index in [0.29, 0.717) is 6.42 Å². The van der Waals surface area contributed by atoms with E-state index in [9.17, 15) is 13.2 Å². The minimum atomic E-state index is -3.82. The summed E-state index contributed by atoms with van der Waals surface area (Å²) in [6.07, 6.45) is 0.567. The highest BCUT2D eigenvalue weighted by Crippen LogP contribution is 2.20. The number of sulfonamides is 1. The zero-order chi connectivity index (χ0) is 14.5. The average molecular weight is 303 g/mol. The van der Waals surface area contributed by atoms with Gasteiger partial charge in [0.1, 0.15) is 0 Å². The molecule has 0 radical (unpaired) electrons. The van der Waals surface area contributed by atoms with E-state index in [0.717, 1.165) is 11.3 Å². The van der Waals surface area contributed by atoms with Crippen molar-refractivity contribution in [3.63, 3.8) is 0 Å². The summed E-state index contributed by atoms with van der Waals surface area (Å²) in [7, 11) is -3.82. The van der Waals surface area contributed by atoms with Crippen molar-refractivity contribution < 1.29 is 13.2 Å². The SMILES string of the molecule is CCC(CC#N)NS(=O)(=O)c1nnc(NC(C)=O)s1. The summed E-state index contributed by atoms with van der Waals surface area (Å²) in [5, 5.41) is 18.1. The minimum Gasteiger partial charge on any atom is -0.301 e. The summed E-state index contributed by atoms with van der Waals surface area (Å²) < 4.78 is 26.0. The van der Waals surface area contributed by atoms with Gasteiger partial charge >= 0.3 is 0 Å². The lowest BCUT2D eigenvalue weighted by Crippen LogP contribution is -2.34. The smallest absolute Gasteiger partial charge is 0.270 e. The number of carbonyl (C=O) groups excluding carboxylic acids is 1. The van der Waals surface area contributed by atoms with Gasteiger partial charge in [-0.05, 0) is 6.42 Å². The van der Waals surface area contributed by atoms with Crippen LogP contribution in [0, 0.1) is 11.3 Å². The molecule has 10 heteroatoms. The van der Waals surface area contributed by atoms with E-state index in [2.05, 4.69) is 20.2 Å². The third-order valence-corrected chi connectivity index (χ3v) is 4.80. The molecule has 19 heavy (non-hydrogen) atoms. The molecule has 2 N–H and O–H groups in total. The number of nitriles is 1. The Morgan fingerprint density at radius 1 is 1.53 bits per heavy atom. The highest BCUT2D eigenvalue weighted by molar-refractivity contribution is 7.91. The molecule has 1 unspecified atom stereocenters. The van der Waals surface area contributed by atoms with Crippen molar-refractivity contribution in [1.82, 2.24) is 14.9 Å². The molecule has 1 aromatic rings. The zero-order valence-electron chi connectivity index (χ0n) is 10.4. The van der Waals surface area contributed by atoms with Crippen molar-refractivity contribution in [3.05, 3.63) is 0 Å². The van der Waals surface area contributed by atoms with Gasteiger partial charge < -0.3 is 5.32 Å². The number of amides is 1. The number of carbonyl (C=O) groups is 1. The van der Waals surface area contributed by atoms with E-state index in [1.165, 1.54) is 6.92 Å². The molecule has 1 amide bonds. The van der Waals surface area contributed by atoms with Crippen molar-refractivity contribution in [2.75, 3.05) is 5.32 Å². The molecule has 0 saturated heterocycles. The maximum absolute atomic E-state index is 12.0. The van der Waals surface area contributed by atoms with Gasteiger partial charge in [0, 0.05) is 13.0 Å². The molecule has 0 spiro atoms. The van der Waals surface area contributed by atoms with Crippen LogP contribution in [0.15, 0.2) is 4.34 Å². The zero-order valence-corrected chi connectivity index (χ0v) is 12.0. The van der Waals surface area contributed by atoms with Gasteiger partial charge in [-0.15, -0.1) is 10.2 Å². The van der Waals surface area contributed by atoms with Gasteiger partial charge in [0.05, 0.1) is 12.5 Å². The summed E-state index contributed by atoms with van der Waals surface area (Å²) >= 11 is 0.751. The summed E-state index contributed by atoms with van der Waals surface area (Å²) in [5.41, 5.74) is 0. The molecule has 104 valence electrons. The van der Waals surface area contributed by atoms with Crippen molar-refractivity contribution >= 4 is 32.4 Å². The van der Waals surface area contributed by atoms with Crippen molar-refractivity contribution in [2.24, 2.45) is 0 Å². The van der Waals surface area contributed by atoms with Gasteiger partial charge in [0.25, 0.3) is 10.0 Å². The number of nitrogens with zero attached hydrogens (tertiary/aromatic N) is 3. The highest BCUT2D eigenvalue weighted by atomic mass is 32.2. The Labute approximate surface area is 114 Å². The Morgan fingerprint density at radius 2 is 2.21 bits per heavy atom. The number of aromatic nitrogens is 2. The maximum atomic E-state index is 12.0. The molecular formula is C9H13N5O3S2. The predicted octanol–water partition coefficient (Wildman–Crippen LogP) is 0.467. The highest BCUT2D eigenvalue weighted by Gasteiger charge is 2.23. The van der Waals surface area contributed by atoms with E-state index in [1.807, 2.05) is 6.07 Å². The van der Waals surface area contributed by atoms with Crippen LogP contribution in [0.5, 0.6) is 0 Å². The standard InChI is InChI=1S/C9H13N5O3S2/c1-3-7(4-5-10)14-19(16,17)9-13-12-8(18-9)11-6(2)15/h7,14H,3-4H2,1-2H3,(H,11,12,15). The number of nitrogens with one attached hydrogen (secondary N) is 2. The molecule has 0 bridgehead atoms. The Balaban J connectivity index is 2.85. The fraction of sp³-hybridized carbons (Fsp3) is 0.556. The van der Waals surface area contributed by atoms with Crippen molar-refractivity contribution in [1.29, 1.82) is 5.26 Å². The Kier molecular flexibility index (Phi) is 5.34. The largest absolute Gasteiger partial charge is 0.301 e. The minimum absolute atomic E-state index is 0.0765. The first-order chi connectivity index (χ1) is 8.89. The second-order valence-electron chi connectivity index (χ2n) is 3.64. The molecule has 0 aliphatic carbocycles. The Bertz CT molecular complexity index is 589. The first kappa shape index (κ1) is 15.5. The summed E-state index contributed by atoms with van der Waals surface area (Å²) in [6.45, 7) is 3.06. The third kappa shape index (κ3) is 4.55. The number of hydrogen-bond acceptors (Lipinski definition) is 7. The number of hydrogen-bond donors (Lipinski definition) is 2. The topological polar surface area (TPSA) is 125 Å². The quantitative estimate of drug-likeness (QED) is 0.736. The van der Waals surface area contributed by atoms with Gasteiger partial charge in [0.15, 0.2) is 0 Å². The second kappa shape index (κ2) is 6.55. The molecule has 8 nitrogen and oxygen atoms in total. The lowest BCUT2D eigenvalue weighted by molar-refractivity contribution is -0.114. The van der Waals surface area contributed by atoms with Gasteiger partial charge in [-0.1, -0.05) is 18.3 Å². The second-order valence-corrected chi connectivity index (χ2v) is 6.51. The average Bonchev–Trinajstić information content (AvgIpc) is 2.76. The molecule has 0 aliphatic rings. The van der Waals surface area contributed by atoms with Crippen LogP contribution in [-0.2, 0) is 14.8 Å². The molecule has 1 aromatic heterocycles. The Morgan fingerprint density at radius 3 is 2.74 bits per heavy atom. The van der Waals surface area contributed by atoms with Crippen LogP contribution in [0.3, 0.4) is 0 Å². The Hall–Kier alpha value is -1.57. The van der Waals surface area contributed by atoms with E-state index in [1.54, 1.807) is 6.92 Å². The van der Waals surface area contributed by atoms with Gasteiger partial charge in [-0.2, -0.15) is 5.26 Å². The van der Waals surface area contributed by atoms with E-state index in [-0.39, 0.29) is 21.8 Å². The normalized spacial score (nSPS) is 12.7. The fourth-order valence-electron chi connectivity index (χ4n) is 1.17. The van der Waals surface area contributed by atoms with Gasteiger partial charge in [-0.25, -0.2) is 13.1 Å². The van der Waals surface area contributed by atoms with E-state index >= 15 is 0 Å². The lowest BCUT2D eigenvalue weighted by Gasteiger charge is -2.11. The molecule has 1 atom stereocenters. The van der Waals surface area contributed by atoms with Crippen LogP contribution in [0.4, 0.5) is 5.13 Å². The van der Waals surface area contributed by atoms with Gasteiger partial charge in [0.2, 0.25) is 15.4 Å². The van der Waals surface area contributed by atoms with Crippen molar-refractivity contribution in [3.8, 4) is 6.07 Å². The summed E-state index contributed by atoms with van der Waals surface area (Å²) in [6, 6.07) is 1.44.